The molecule has 1 aromatic heterocycles. The number of anilines is 1. The van der Waals surface area contributed by atoms with Gasteiger partial charge in [0.05, 0.1) is 11.0 Å². The van der Waals surface area contributed by atoms with Crippen LogP contribution in [0.25, 0.3) is 0 Å². The Labute approximate surface area is 120 Å². The Morgan fingerprint density at radius 3 is 2.75 bits per heavy atom. The maximum absolute atomic E-state index is 13.0. The molecule has 0 radical (unpaired) electrons. The smallest absolute Gasteiger partial charge is 0.295 e. The Morgan fingerprint density at radius 2 is 2.10 bits per heavy atom. The zero-order valence-corrected chi connectivity index (χ0v) is 11.4. The van der Waals surface area contributed by atoms with Gasteiger partial charge in [-0.15, -0.1) is 0 Å². The lowest BCUT2D eigenvalue weighted by Crippen LogP contribution is -2.14. The van der Waals surface area contributed by atoms with Gasteiger partial charge in [-0.2, -0.15) is 0 Å². The van der Waals surface area contributed by atoms with Crippen LogP contribution in [0.4, 0.5) is 15.8 Å². The third kappa shape index (κ3) is 3.15. The summed E-state index contributed by atoms with van der Waals surface area (Å²) in [6, 6.07) is 7.59. The molecule has 0 atom stereocenters. The van der Waals surface area contributed by atoms with Gasteiger partial charge in [0.1, 0.15) is 21.8 Å². The summed E-state index contributed by atoms with van der Waals surface area (Å²) in [5.41, 5.74) is -0.533. The van der Waals surface area contributed by atoms with Crippen molar-refractivity contribution in [3.63, 3.8) is 0 Å². The summed E-state index contributed by atoms with van der Waals surface area (Å²) in [7, 11) is 0. The Bertz CT molecular complexity index is 693. The van der Waals surface area contributed by atoms with Crippen molar-refractivity contribution in [3.05, 3.63) is 62.6 Å². The second kappa shape index (κ2) is 5.74. The number of aromatic nitrogens is 1. The lowest BCUT2D eigenvalue weighted by molar-refractivity contribution is -0.384. The van der Waals surface area contributed by atoms with Crippen molar-refractivity contribution in [2.45, 2.75) is 0 Å². The van der Waals surface area contributed by atoms with Crippen molar-refractivity contribution in [1.29, 1.82) is 0 Å². The molecule has 102 valence electrons. The number of hydrogen-bond donors (Lipinski definition) is 1. The van der Waals surface area contributed by atoms with E-state index in [0.717, 1.165) is 18.2 Å². The largest absolute Gasteiger partial charge is 0.315 e. The molecule has 1 N–H and O–H groups in total. The number of hydrogen-bond acceptors (Lipinski definition) is 4. The molecule has 0 unspecified atom stereocenters. The summed E-state index contributed by atoms with van der Waals surface area (Å²) >= 11 is 3.11. The van der Waals surface area contributed by atoms with Crippen LogP contribution in [-0.2, 0) is 0 Å². The molecule has 0 aliphatic heterocycles. The predicted octanol–water partition coefficient (Wildman–Crippen LogP) is 3.14. The van der Waals surface area contributed by atoms with E-state index in [0.29, 0.717) is 4.60 Å². The Morgan fingerprint density at radius 1 is 1.35 bits per heavy atom. The lowest BCUT2D eigenvalue weighted by Gasteiger charge is -2.05. The van der Waals surface area contributed by atoms with Gasteiger partial charge in [0, 0.05) is 0 Å². The summed E-state index contributed by atoms with van der Waals surface area (Å²) in [6.07, 6.45) is 0. The first-order chi connectivity index (χ1) is 9.47. The molecule has 2 aromatic rings. The number of pyridine rings is 1. The summed E-state index contributed by atoms with van der Waals surface area (Å²) in [5, 5.41) is 13.1. The third-order valence-corrected chi connectivity index (χ3v) is 2.79. The first kappa shape index (κ1) is 14.1. The summed E-state index contributed by atoms with van der Waals surface area (Å²) in [4.78, 5) is 25.9. The van der Waals surface area contributed by atoms with Crippen molar-refractivity contribution < 1.29 is 14.1 Å². The summed E-state index contributed by atoms with van der Waals surface area (Å²) < 4.78 is 13.4. The molecule has 0 aliphatic carbocycles. The molecular formula is C12H7BrFN3O3. The highest BCUT2D eigenvalue weighted by molar-refractivity contribution is 9.10. The van der Waals surface area contributed by atoms with Gasteiger partial charge in [0.25, 0.3) is 11.6 Å². The van der Waals surface area contributed by atoms with E-state index in [-0.39, 0.29) is 11.4 Å². The number of nitrogens with one attached hydrogen (secondary N) is 1. The van der Waals surface area contributed by atoms with Crippen LogP contribution in [0.2, 0.25) is 0 Å². The van der Waals surface area contributed by atoms with E-state index in [1.807, 2.05) is 0 Å². The first-order valence-electron chi connectivity index (χ1n) is 5.35. The van der Waals surface area contributed by atoms with E-state index < -0.39 is 22.3 Å². The number of nitro benzene ring substituents is 1. The van der Waals surface area contributed by atoms with E-state index in [1.165, 1.54) is 6.07 Å². The SMILES string of the molecule is O=C(Nc1ccc(F)cc1[N+](=O)[O-])c1cccc(Br)n1. The van der Waals surface area contributed by atoms with Crippen LogP contribution in [0, 0.1) is 15.9 Å². The number of amides is 1. The summed E-state index contributed by atoms with van der Waals surface area (Å²) in [6.45, 7) is 0. The van der Waals surface area contributed by atoms with Crippen molar-refractivity contribution in [3.8, 4) is 0 Å². The molecule has 1 aromatic carbocycles. The van der Waals surface area contributed by atoms with Gasteiger partial charge in [0.15, 0.2) is 0 Å². The van der Waals surface area contributed by atoms with E-state index >= 15 is 0 Å². The van der Waals surface area contributed by atoms with Crippen LogP contribution in [0.15, 0.2) is 41.0 Å². The standard InChI is InChI=1S/C12H7BrFN3O3/c13-11-3-1-2-9(15-11)12(18)16-8-5-4-7(14)6-10(8)17(19)20/h1-6H,(H,16,18). The number of nitro groups is 1. The van der Waals surface area contributed by atoms with Gasteiger partial charge in [-0.25, -0.2) is 9.37 Å². The van der Waals surface area contributed by atoms with Gasteiger partial charge in [-0.3, -0.25) is 14.9 Å². The van der Waals surface area contributed by atoms with Crippen molar-refractivity contribution in [2.24, 2.45) is 0 Å². The molecule has 0 saturated heterocycles. The minimum Gasteiger partial charge on any atom is -0.315 e. The van der Waals surface area contributed by atoms with Crippen molar-refractivity contribution >= 4 is 33.2 Å². The molecule has 0 aliphatic rings. The topological polar surface area (TPSA) is 85.1 Å². The van der Waals surface area contributed by atoms with Gasteiger partial charge in [-0.05, 0) is 40.2 Å². The van der Waals surface area contributed by atoms with Gasteiger partial charge in [-0.1, -0.05) is 6.07 Å². The fourth-order valence-corrected chi connectivity index (χ4v) is 1.83. The highest BCUT2D eigenvalue weighted by atomic mass is 79.9. The Hall–Kier alpha value is -2.35. The quantitative estimate of drug-likeness (QED) is 0.528. The number of halogens is 2. The predicted molar refractivity (Wildman–Crippen MR) is 72.9 cm³/mol. The van der Waals surface area contributed by atoms with Crippen LogP contribution in [0.3, 0.4) is 0 Å². The molecule has 0 spiro atoms. The number of carbonyl (C=O) groups excluding carboxylic acids is 1. The Kier molecular flexibility index (Phi) is 4.04. The first-order valence-corrected chi connectivity index (χ1v) is 6.14. The van der Waals surface area contributed by atoms with Crippen LogP contribution in [-0.4, -0.2) is 15.8 Å². The monoisotopic (exact) mass is 339 g/mol. The molecule has 0 fully saturated rings. The van der Waals surface area contributed by atoms with Gasteiger partial charge < -0.3 is 5.32 Å². The average Bonchev–Trinajstić information content (AvgIpc) is 2.40. The highest BCUT2D eigenvalue weighted by Gasteiger charge is 2.18. The number of rotatable bonds is 3. The summed E-state index contributed by atoms with van der Waals surface area (Å²) in [5.74, 6) is -1.38. The molecule has 1 heterocycles. The number of benzene rings is 1. The van der Waals surface area contributed by atoms with Crippen molar-refractivity contribution in [1.82, 2.24) is 4.98 Å². The number of carbonyl (C=O) groups is 1. The van der Waals surface area contributed by atoms with E-state index in [1.54, 1.807) is 12.1 Å². The fourth-order valence-electron chi connectivity index (χ4n) is 1.48. The third-order valence-electron chi connectivity index (χ3n) is 2.35. The molecule has 6 nitrogen and oxygen atoms in total. The second-order valence-corrected chi connectivity index (χ2v) is 4.53. The normalized spacial score (nSPS) is 10.1. The molecule has 8 heteroatoms. The minimum atomic E-state index is -0.771. The molecule has 20 heavy (non-hydrogen) atoms. The van der Waals surface area contributed by atoms with Crippen LogP contribution in [0.1, 0.15) is 10.5 Å². The zero-order chi connectivity index (χ0) is 14.7. The molecule has 2 rings (SSSR count). The highest BCUT2D eigenvalue weighted by Crippen LogP contribution is 2.25. The fraction of sp³-hybridized carbons (Fsp3) is 0. The maximum atomic E-state index is 13.0. The Balaban J connectivity index is 2.30. The minimum absolute atomic E-state index is 0.0815. The molecule has 0 bridgehead atoms. The van der Waals surface area contributed by atoms with Crippen molar-refractivity contribution in [2.75, 3.05) is 5.32 Å². The van der Waals surface area contributed by atoms with Crippen LogP contribution in [0.5, 0.6) is 0 Å². The molecule has 1 amide bonds. The van der Waals surface area contributed by atoms with Gasteiger partial charge in [0.2, 0.25) is 0 Å². The number of nitrogens with zero attached hydrogens (tertiary/aromatic N) is 2. The molecular weight excluding hydrogens is 333 g/mol. The van der Waals surface area contributed by atoms with E-state index in [9.17, 15) is 19.3 Å². The second-order valence-electron chi connectivity index (χ2n) is 3.72. The van der Waals surface area contributed by atoms with Gasteiger partial charge >= 0.3 is 0 Å². The molecule has 0 saturated carbocycles. The zero-order valence-electron chi connectivity index (χ0n) is 9.84. The van der Waals surface area contributed by atoms with E-state index in [2.05, 4.69) is 26.2 Å². The van der Waals surface area contributed by atoms with Crippen LogP contribution >= 0.6 is 15.9 Å². The maximum Gasteiger partial charge on any atom is 0.295 e. The lowest BCUT2D eigenvalue weighted by atomic mass is 10.2. The average molecular weight is 340 g/mol. The van der Waals surface area contributed by atoms with E-state index in [4.69, 9.17) is 0 Å². The van der Waals surface area contributed by atoms with Crippen LogP contribution < -0.4 is 5.32 Å².